The van der Waals surface area contributed by atoms with E-state index in [0.717, 1.165) is 6.07 Å². The van der Waals surface area contributed by atoms with E-state index in [9.17, 15) is 9.18 Å². The second kappa shape index (κ2) is 5.71. The fraction of sp³-hybridized carbons (Fsp3) is 0.273. The number of amides is 1. The summed E-state index contributed by atoms with van der Waals surface area (Å²) in [5.41, 5.74) is 0.238. The molecule has 0 unspecified atom stereocenters. The number of hydrogen-bond acceptors (Lipinski definition) is 3. The third kappa shape index (κ3) is 3.24. The van der Waals surface area contributed by atoms with Crippen LogP contribution in [0.15, 0.2) is 18.2 Å². The number of benzene rings is 1. The van der Waals surface area contributed by atoms with Crippen molar-refractivity contribution in [3.63, 3.8) is 0 Å². The maximum absolute atomic E-state index is 13.0. The molecule has 0 saturated carbocycles. The summed E-state index contributed by atoms with van der Waals surface area (Å²) < 4.78 is 18.2. The third-order valence-corrected chi connectivity index (χ3v) is 1.76. The zero-order chi connectivity index (χ0) is 12.0. The lowest BCUT2D eigenvalue weighted by Gasteiger charge is -2.10. The van der Waals surface area contributed by atoms with E-state index in [0.29, 0.717) is 12.4 Å². The molecule has 0 aromatic heterocycles. The van der Waals surface area contributed by atoms with Crippen LogP contribution in [0, 0.1) is 17.1 Å². The van der Waals surface area contributed by atoms with Crippen LogP contribution in [0.5, 0.6) is 5.75 Å². The molecule has 1 aromatic carbocycles. The predicted octanol–water partition coefficient (Wildman–Crippen LogP) is 2.08. The van der Waals surface area contributed by atoms with Gasteiger partial charge in [-0.1, -0.05) is 0 Å². The van der Waals surface area contributed by atoms with Crippen molar-refractivity contribution < 1.29 is 13.9 Å². The lowest BCUT2D eigenvalue weighted by atomic mass is 10.2. The van der Waals surface area contributed by atoms with Crippen LogP contribution in [0.3, 0.4) is 0 Å². The molecule has 0 fully saturated rings. The van der Waals surface area contributed by atoms with Crippen molar-refractivity contribution in [2.75, 3.05) is 11.9 Å². The Labute approximate surface area is 92.6 Å². The van der Waals surface area contributed by atoms with Crippen LogP contribution in [0.1, 0.15) is 13.3 Å². The van der Waals surface area contributed by atoms with E-state index < -0.39 is 11.7 Å². The maximum Gasteiger partial charge on any atom is 0.238 e. The van der Waals surface area contributed by atoms with Gasteiger partial charge in [0.1, 0.15) is 18.0 Å². The van der Waals surface area contributed by atoms with E-state index in [1.165, 1.54) is 12.1 Å². The van der Waals surface area contributed by atoms with E-state index in [4.69, 9.17) is 10.00 Å². The van der Waals surface area contributed by atoms with Crippen molar-refractivity contribution in [2.24, 2.45) is 0 Å². The SMILES string of the molecule is CCOc1ccc(F)cc1NC(=O)CC#N. The molecule has 0 aliphatic heterocycles. The number of nitriles is 1. The largest absolute Gasteiger partial charge is 0.492 e. The molecule has 1 rings (SSSR count). The highest BCUT2D eigenvalue weighted by molar-refractivity contribution is 5.93. The monoisotopic (exact) mass is 222 g/mol. The van der Waals surface area contributed by atoms with E-state index in [1.807, 2.05) is 0 Å². The van der Waals surface area contributed by atoms with Crippen molar-refractivity contribution >= 4 is 11.6 Å². The second-order valence-electron chi connectivity index (χ2n) is 2.96. The van der Waals surface area contributed by atoms with Gasteiger partial charge < -0.3 is 10.1 Å². The van der Waals surface area contributed by atoms with Crippen molar-refractivity contribution in [1.29, 1.82) is 5.26 Å². The van der Waals surface area contributed by atoms with E-state index in [-0.39, 0.29) is 12.1 Å². The normalized spacial score (nSPS) is 9.31. The molecule has 0 spiro atoms. The smallest absolute Gasteiger partial charge is 0.238 e. The van der Waals surface area contributed by atoms with Crippen LogP contribution in [-0.2, 0) is 4.79 Å². The first kappa shape index (κ1) is 12.0. The van der Waals surface area contributed by atoms with Gasteiger partial charge in [-0.2, -0.15) is 5.26 Å². The summed E-state index contributed by atoms with van der Waals surface area (Å²) in [5.74, 6) is -0.583. The van der Waals surface area contributed by atoms with Crippen molar-refractivity contribution in [2.45, 2.75) is 13.3 Å². The molecule has 0 saturated heterocycles. The van der Waals surface area contributed by atoms with E-state index in [1.54, 1.807) is 13.0 Å². The first-order valence-corrected chi connectivity index (χ1v) is 4.76. The summed E-state index contributed by atoms with van der Waals surface area (Å²) in [4.78, 5) is 11.2. The molecule has 0 aliphatic carbocycles. The van der Waals surface area contributed by atoms with Gasteiger partial charge in [0.15, 0.2) is 0 Å². The molecular formula is C11H11FN2O2. The lowest BCUT2D eigenvalue weighted by Crippen LogP contribution is -2.11. The van der Waals surface area contributed by atoms with Crippen LogP contribution < -0.4 is 10.1 Å². The molecular weight excluding hydrogens is 211 g/mol. The number of hydrogen-bond donors (Lipinski definition) is 1. The molecule has 16 heavy (non-hydrogen) atoms. The van der Waals surface area contributed by atoms with Crippen molar-refractivity contribution in [1.82, 2.24) is 0 Å². The van der Waals surface area contributed by atoms with Crippen LogP contribution in [0.4, 0.5) is 10.1 Å². The molecule has 0 bridgehead atoms. The molecule has 0 heterocycles. The molecule has 1 amide bonds. The fourth-order valence-electron chi connectivity index (χ4n) is 1.15. The Kier molecular flexibility index (Phi) is 4.28. The zero-order valence-electron chi connectivity index (χ0n) is 8.79. The Morgan fingerprint density at radius 3 is 3.00 bits per heavy atom. The number of nitrogens with zero attached hydrogens (tertiary/aromatic N) is 1. The van der Waals surface area contributed by atoms with Crippen LogP contribution in [-0.4, -0.2) is 12.5 Å². The number of halogens is 1. The zero-order valence-corrected chi connectivity index (χ0v) is 8.79. The molecule has 0 radical (unpaired) electrons. The molecule has 0 aliphatic rings. The highest BCUT2D eigenvalue weighted by Gasteiger charge is 2.08. The summed E-state index contributed by atoms with van der Waals surface area (Å²) in [5, 5.41) is 10.7. The minimum absolute atomic E-state index is 0.238. The topological polar surface area (TPSA) is 62.1 Å². The maximum atomic E-state index is 13.0. The first-order chi connectivity index (χ1) is 7.67. The molecule has 4 nitrogen and oxygen atoms in total. The second-order valence-corrected chi connectivity index (χ2v) is 2.96. The fourth-order valence-corrected chi connectivity index (χ4v) is 1.15. The highest BCUT2D eigenvalue weighted by atomic mass is 19.1. The van der Waals surface area contributed by atoms with Gasteiger partial charge in [0.25, 0.3) is 0 Å². The number of carbonyl (C=O) groups excluding carboxylic acids is 1. The van der Waals surface area contributed by atoms with Gasteiger partial charge in [-0.15, -0.1) is 0 Å². The van der Waals surface area contributed by atoms with Crippen LogP contribution in [0.25, 0.3) is 0 Å². The van der Waals surface area contributed by atoms with Crippen molar-refractivity contribution in [3.05, 3.63) is 24.0 Å². The van der Waals surface area contributed by atoms with Gasteiger partial charge in [0.2, 0.25) is 5.91 Å². The average molecular weight is 222 g/mol. The summed E-state index contributed by atoms with van der Waals surface area (Å²) in [6.07, 6.45) is -0.276. The Morgan fingerprint density at radius 2 is 2.38 bits per heavy atom. The molecule has 84 valence electrons. The number of carbonyl (C=O) groups is 1. The van der Waals surface area contributed by atoms with E-state index >= 15 is 0 Å². The molecule has 0 atom stereocenters. The van der Waals surface area contributed by atoms with Gasteiger partial charge in [0, 0.05) is 6.07 Å². The van der Waals surface area contributed by atoms with Gasteiger partial charge in [-0.05, 0) is 19.1 Å². The molecule has 5 heteroatoms. The van der Waals surface area contributed by atoms with Crippen LogP contribution in [0.2, 0.25) is 0 Å². The Morgan fingerprint density at radius 1 is 1.62 bits per heavy atom. The Bertz CT molecular complexity index is 426. The molecule has 1 aromatic rings. The predicted molar refractivity (Wildman–Crippen MR) is 56.4 cm³/mol. The summed E-state index contributed by atoms with van der Waals surface area (Å²) >= 11 is 0. The first-order valence-electron chi connectivity index (χ1n) is 4.76. The van der Waals surface area contributed by atoms with Gasteiger partial charge >= 0.3 is 0 Å². The Hall–Kier alpha value is -2.09. The standard InChI is InChI=1S/C11H11FN2O2/c1-2-16-10-4-3-8(12)7-9(10)14-11(15)5-6-13/h3-4,7H,2,5H2,1H3,(H,14,15). The number of nitrogens with one attached hydrogen (secondary N) is 1. The minimum Gasteiger partial charge on any atom is -0.492 e. The van der Waals surface area contributed by atoms with Crippen molar-refractivity contribution in [3.8, 4) is 11.8 Å². The number of rotatable bonds is 4. The highest BCUT2D eigenvalue weighted by Crippen LogP contribution is 2.25. The van der Waals surface area contributed by atoms with Crippen LogP contribution >= 0.6 is 0 Å². The van der Waals surface area contributed by atoms with E-state index in [2.05, 4.69) is 5.32 Å². The quantitative estimate of drug-likeness (QED) is 0.848. The number of anilines is 1. The summed E-state index contributed by atoms with van der Waals surface area (Å²) in [7, 11) is 0. The third-order valence-electron chi connectivity index (χ3n) is 1.76. The van der Waals surface area contributed by atoms with Gasteiger partial charge in [-0.3, -0.25) is 4.79 Å². The van der Waals surface area contributed by atoms with Gasteiger partial charge in [0.05, 0.1) is 18.4 Å². The van der Waals surface area contributed by atoms with Gasteiger partial charge in [-0.25, -0.2) is 4.39 Å². The summed E-state index contributed by atoms with van der Waals surface area (Å²) in [6, 6.07) is 5.53. The number of ether oxygens (including phenoxy) is 1. The average Bonchev–Trinajstić information content (AvgIpc) is 2.22. The summed E-state index contributed by atoms with van der Waals surface area (Å²) in [6.45, 7) is 2.19. The Balaban J connectivity index is 2.88. The minimum atomic E-state index is -0.492. The molecule has 1 N–H and O–H groups in total. The lowest BCUT2D eigenvalue weighted by molar-refractivity contribution is -0.115.